The van der Waals surface area contributed by atoms with E-state index >= 15 is 0 Å². The van der Waals surface area contributed by atoms with E-state index in [4.69, 9.17) is 5.11 Å². The molecule has 22 heavy (non-hydrogen) atoms. The van der Waals surface area contributed by atoms with Gasteiger partial charge in [-0.2, -0.15) is 0 Å². The van der Waals surface area contributed by atoms with Crippen LogP contribution in [0.1, 0.15) is 57.8 Å². The summed E-state index contributed by atoms with van der Waals surface area (Å²) >= 11 is 0. The quantitative estimate of drug-likeness (QED) is 0.793. The largest absolute Gasteiger partial charge is 0.395 e. The van der Waals surface area contributed by atoms with Crippen LogP contribution >= 0.6 is 0 Å². The Bertz CT molecular complexity index is 398. The van der Waals surface area contributed by atoms with E-state index < -0.39 is 0 Å². The average molecular weight is 306 g/mol. The van der Waals surface area contributed by atoms with E-state index in [2.05, 4.69) is 5.32 Å². The number of urea groups is 1. The highest BCUT2D eigenvalue weighted by Gasteiger charge is 2.50. The SMILES string of the molecule is O=C(NCCC12CC3CC(CC(C3)C1)C2)N(CCO)C1CC1. The average Bonchev–Trinajstić information content (AvgIpc) is 3.27. The second kappa shape index (κ2) is 5.70. The molecular formula is C18H30N2O2. The van der Waals surface area contributed by atoms with Gasteiger partial charge in [0.15, 0.2) is 0 Å². The van der Waals surface area contributed by atoms with Crippen molar-refractivity contribution < 1.29 is 9.90 Å². The Morgan fingerprint density at radius 3 is 2.18 bits per heavy atom. The lowest BCUT2D eigenvalue weighted by Crippen LogP contribution is -2.48. The van der Waals surface area contributed by atoms with Gasteiger partial charge in [0.25, 0.3) is 0 Å². The lowest BCUT2D eigenvalue weighted by atomic mass is 9.49. The normalized spacial score (nSPS) is 39.0. The number of rotatable bonds is 6. The summed E-state index contributed by atoms with van der Waals surface area (Å²) in [5.74, 6) is 2.96. The molecule has 5 fully saturated rings. The molecule has 4 nitrogen and oxygen atoms in total. The number of hydrogen-bond acceptors (Lipinski definition) is 2. The van der Waals surface area contributed by atoms with Crippen molar-refractivity contribution >= 4 is 6.03 Å². The van der Waals surface area contributed by atoms with Crippen LogP contribution < -0.4 is 5.32 Å². The summed E-state index contributed by atoms with van der Waals surface area (Å²) in [6, 6.07) is 0.424. The maximum Gasteiger partial charge on any atom is 0.317 e. The van der Waals surface area contributed by atoms with Crippen LogP contribution in [-0.4, -0.2) is 41.8 Å². The molecule has 5 aliphatic carbocycles. The minimum absolute atomic E-state index is 0.0429. The third kappa shape index (κ3) is 2.86. The molecule has 2 amide bonds. The monoisotopic (exact) mass is 306 g/mol. The van der Waals surface area contributed by atoms with Crippen LogP contribution in [0.2, 0.25) is 0 Å². The molecule has 5 saturated carbocycles. The standard InChI is InChI=1S/C18H30N2O2/c21-6-5-20(16-1-2-16)17(22)19-4-3-18-10-13-7-14(11-18)9-15(8-13)12-18/h13-16,21H,1-12H2,(H,19,22). The first-order valence-electron chi connectivity index (χ1n) is 9.33. The van der Waals surface area contributed by atoms with Crippen LogP contribution in [-0.2, 0) is 0 Å². The predicted molar refractivity (Wildman–Crippen MR) is 85.4 cm³/mol. The van der Waals surface area contributed by atoms with Crippen LogP contribution in [0.5, 0.6) is 0 Å². The molecule has 0 heterocycles. The third-order valence-corrected chi connectivity index (χ3v) is 6.69. The van der Waals surface area contributed by atoms with Gasteiger partial charge in [-0.25, -0.2) is 4.79 Å². The minimum atomic E-state index is 0.0429. The number of nitrogens with one attached hydrogen (secondary N) is 1. The first kappa shape index (κ1) is 14.8. The maximum atomic E-state index is 12.3. The maximum absolute atomic E-state index is 12.3. The number of amides is 2. The summed E-state index contributed by atoms with van der Waals surface area (Å²) in [7, 11) is 0. The third-order valence-electron chi connectivity index (χ3n) is 6.69. The molecule has 0 aromatic rings. The number of hydrogen-bond donors (Lipinski definition) is 2. The highest BCUT2D eigenvalue weighted by atomic mass is 16.3. The van der Waals surface area contributed by atoms with Crippen LogP contribution in [0, 0.1) is 23.2 Å². The second-order valence-corrected chi connectivity index (χ2v) is 8.55. The molecule has 124 valence electrons. The van der Waals surface area contributed by atoms with Crippen molar-refractivity contribution in [3.05, 3.63) is 0 Å². The molecule has 0 saturated heterocycles. The summed E-state index contributed by atoms with van der Waals surface area (Å²) in [5, 5.41) is 12.3. The van der Waals surface area contributed by atoms with Crippen molar-refractivity contribution in [2.24, 2.45) is 23.2 Å². The number of nitrogens with zero attached hydrogens (tertiary/aromatic N) is 1. The fourth-order valence-corrected chi connectivity index (χ4v) is 6.08. The topological polar surface area (TPSA) is 52.6 Å². The Balaban J connectivity index is 1.29. The molecule has 0 aromatic carbocycles. The van der Waals surface area contributed by atoms with Gasteiger partial charge in [0.05, 0.1) is 6.61 Å². The molecule has 2 N–H and O–H groups in total. The molecule has 5 aliphatic rings. The summed E-state index contributed by atoms with van der Waals surface area (Å²) < 4.78 is 0. The van der Waals surface area contributed by atoms with Gasteiger partial charge >= 0.3 is 6.03 Å². The number of aliphatic hydroxyl groups excluding tert-OH is 1. The molecule has 4 heteroatoms. The fourth-order valence-electron chi connectivity index (χ4n) is 6.08. The zero-order valence-corrected chi connectivity index (χ0v) is 13.6. The highest BCUT2D eigenvalue weighted by molar-refractivity contribution is 5.74. The van der Waals surface area contributed by atoms with Gasteiger partial charge in [0.1, 0.15) is 0 Å². The Kier molecular flexibility index (Phi) is 3.83. The summed E-state index contributed by atoms with van der Waals surface area (Å²) in [4.78, 5) is 14.1. The zero-order chi connectivity index (χ0) is 15.2. The summed E-state index contributed by atoms with van der Waals surface area (Å²) in [5.41, 5.74) is 0.545. The van der Waals surface area contributed by atoms with Gasteiger partial charge in [0.2, 0.25) is 0 Å². The van der Waals surface area contributed by atoms with E-state index in [0.717, 1.165) is 37.1 Å². The molecule has 0 aliphatic heterocycles. The zero-order valence-electron chi connectivity index (χ0n) is 13.6. The smallest absolute Gasteiger partial charge is 0.317 e. The molecule has 0 spiro atoms. The van der Waals surface area contributed by atoms with Crippen LogP contribution in [0.4, 0.5) is 4.79 Å². The van der Waals surface area contributed by atoms with Crippen molar-refractivity contribution in [2.45, 2.75) is 63.8 Å². The van der Waals surface area contributed by atoms with E-state index in [9.17, 15) is 4.79 Å². The number of carbonyl (C=O) groups is 1. The van der Waals surface area contributed by atoms with Crippen molar-refractivity contribution in [3.63, 3.8) is 0 Å². The lowest BCUT2D eigenvalue weighted by molar-refractivity contribution is -0.0564. The molecule has 0 atom stereocenters. The van der Waals surface area contributed by atoms with E-state index in [0.29, 0.717) is 18.0 Å². The van der Waals surface area contributed by atoms with E-state index in [1.807, 2.05) is 4.90 Å². The lowest BCUT2D eigenvalue weighted by Gasteiger charge is -2.57. The summed E-state index contributed by atoms with van der Waals surface area (Å²) in [6.07, 6.45) is 12.1. The second-order valence-electron chi connectivity index (χ2n) is 8.55. The van der Waals surface area contributed by atoms with Crippen LogP contribution in [0.3, 0.4) is 0 Å². The van der Waals surface area contributed by atoms with Crippen molar-refractivity contribution in [2.75, 3.05) is 19.7 Å². The molecule has 0 aromatic heterocycles. The Labute approximate surface area is 133 Å². The molecular weight excluding hydrogens is 276 g/mol. The predicted octanol–water partition coefficient (Wildman–Crippen LogP) is 2.76. The highest BCUT2D eigenvalue weighted by Crippen LogP contribution is 2.61. The first-order valence-corrected chi connectivity index (χ1v) is 9.33. The van der Waals surface area contributed by atoms with Gasteiger partial charge in [0, 0.05) is 19.1 Å². The van der Waals surface area contributed by atoms with Gasteiger partial charge < -0.3 is 15.3 Å². The van der Waals surface area contributed by atoms with E-state index in [1.165, 1.54) is 44.9 Å². The van der Waals surface area contributed by atoms with E-state index in [-0.39, 0.29) is 12.6 Å². The molecule has 0 radical (unpaired) electrons. The van der Waals surface area contributed by atoms with E-state index in [1.54, 1.807) is 0 Å². The first-order chi connectivity index (χ1) is 10.7. The van der Waals surface area contributed by atoms with Gasteiger partial charge in [-0.1, -0.05) is 0 Å². The van der Waals surface area contributed by atoms with Crippen molar-refractivity contribution in [1.29, 1.82) is 0 Å². The van der Waals surface area contributed by atoms with Crippen molar-refractivity contribution in [1.82, 2.24) is 10.2 Å². The molecule has 0 unspecified atom stereocenters. The molecule has 4 bridgehead atoms. The fraction of sp³-hybridized carbons (Fsp3) is 0.944. The van der Waals surface area contributed by atoms with Gasteiger partial charge in [-0.3, -0.25) is 0 Å². The van der Waals surface area contributed by atoms with Gasteiger partial charge in [-0.15, -0.1) is 0 Å². The van der Waals surface area contributed by atoms with Crippen molar-refractivity contribution in [3.8, 4) is 0 Å². The Morgan fingerprint density at radius 1 is 1.09 bits per heavy atom. The molecule has 5 rings (SSSR count). The number of carbonyl (C=O) groups excluding carboxylic acids is 1. The van der Waals surface area contributed by atoms with Gasteiger partial charge in [-0.05, 0) is 81.0 Å². The Morgan fingerprint density at radius 2 is 1.68 bits per heavy atom. The van der Waals surface area contributed by atoms with Crippen LogP contribution in [0.15, 0.2) is 0 Å². The minimum Gasteiger partial charge on any atom is -0.395 e. The van der Waals surface area contributed by atoms with Crippen LogP contribution in [0.25, 0.3) is 0 Å². The Hall–Kier alpha value is -0.770. The summed E-state index contributed by atoms with van der Waals surface area (Å²) in [6.45, 7) is 1.37. The number of aliphatic hydroxyl groups is 1.